The van der Waals surface area contributed by atoms with Crippen molar-refractivity contribution in [3.05, 3.63) is 61.0 Å². The number of hydrogen-bond acceptors (Lipinski definition) is 6. The van der Waals surface area contributed by atoms with Gasteiger partial charge >= 0.3 is 18.3 Å². The molecule has 0 atom stereocenters. The van der Waals surface area contributed by atoms with Gasteiger partial charge in [-0.25, -0.2) is 14.0 Å². The van der Waals surface area contributed by atoms with Crippen LogP contribution in [0.15, 0.2) is 54.0 Å². The molecule has 0 fully saturated rings. The minimum absolute atomic E-state index is 0.0318. The molecule has 32 heavy (non-hydrogen) atoms. The van der Waals surface area contributed by atoms with Crippen LogP contribution in [0, 0.1) is 5.82 Å². The average Bonchev–Trinajstić information content (AvgIpc) is 3.13. The monoisotopic (exact) mass is 452 g/mol. The van der Waals surface area contributed by atoms with E-state index in [0.29, 0.717) is 6.42 Å². The molecule has 1 aromatic heterocycles. The highest BCUT2D eigenvalue weighted by Crippen LogP contribution is 2.44. The number of furan rings is 1. The van der Waals surface area contributed by atoms with Crippen LogP contribution < -0.4 is 9.47 Å². The van der Waals surface area contributed by atoms with Crippen molar-refractivity contribution < 1.29 is 45.8 Å². The third-order valence-electron chi connectivity index (χ3n) is 4.34. The van der Waals surface area contributed by atoms with E-state index in [1.54, 1.807) is 0 Å². The lowest BCUT2D eigenvalue weighted by Gasteiger charge is -2.12. The van der Waals surface area contributed by atoms with Crippen molar-refractivity contribution in [1.29, 1.82) is 0 Å². The van der Waals surface area contributed by atoms with E-state index in [2.05, 4.69) is 17.9 Å². The van der Waals surface area contributed by atoms with Crippen molar-refractivity contribution in [3.63, 3.8) is 0 Å². The number of rotatable bonds is 8. The number of halogens is 4. The summed E-state index contributed by atoms with van der Waals surface area (Å²) in [5, 5.41) is 0.330. The second kappa shape index (κ2) is 9.13. The Morgan fingerprint density at radius 1 is 1.00 bits per heavy atom. The molecule has 0 N–H and O–H groups in total. The molecule has 0 spiro atoms. The van der Waals surface area contributed by atoms with Crippen molar-refractivity contribution >= 4 is 33.9 Å². The summed E-state index contributed by atoms with van der Waals surface area (Å²) in [6.07, 6.45) is -2.89. The molecule has 3 rings (SSSR count). The molecule has 6 nitrogen and oxygen atoms in total. The molecule has 0 unspecified atom stereocenters. The van der Waals surface area contributed by atoms with Crippen LogP contribution in [0.5, 0.6) is 11.5 Å². The molecule has 0 saturated carbocycles. The third-order valence-corrected chi connectivity index (χ3v) is 4.34. The van der Waals surface area contributed by atoms with Gasteiger partial charge in [0.25, 0.3) is 0 Å². The Balaban J connectivity index is 2.03. The summed E-state index contributed by atoms with van der Waals surface area (Å²) in [4.78, 5) is 22.5. The van der Waals surface area contributed by atoms with Crippen molar-refractivity contribution in [2.75, 3.05) is 6.61 Å². The Bertz CT molecular complexity index is 1210. The number of aryl methyl sites for hydroxylation is 1. The molecule has 0 amide bonds. The van der Waals surface area contributed by atoms with Gasteiger partial charge in [0.2, 0.25) is 5.75 Å². The molecule has 0 aliphatic heterocycles. The number of ether oxygens (including phenoxy) is 3. The summed E-state index contributed by atoms with van der Waals surface area (Å²) in [5.74, 6) is -3.89. The van der Waals surface area contributed by atoms with Gasteiger partial charge in [0, 0.05) is 22.9 Å². The molecule has 1 heterocycles. The molecule has 3 aromatic rings. The van der Waals surface area contributed by atoms with Gasteiger partial charge in [-0.05, 0) is 36.6 Å². The maximum atomic E-state index is 15.0. The Hall–Kier alpha value is -3.82. The fourth-order valence-corrected chi connectivity index (χ4v) is 3.00. The van der Waals surface area contributed by atoms with E-state index in [9.17, 15) is 22.8 Å². The zero-order valence-electron chi connectivity index (χ0n) is 16.5. The standard InChI is InChI=1S/C22H16F4O6/c1-3-16(27)29-11-5-6-12-7-8-13-14-9-10-15(30-17(28)4-2)21(32-22(24,25)26)20(14)31-19(13)18(12)23/h3-4,7-10H,1-2,5-6,11H2. The smallest absolute Gasteiger partial charge is 0.463 e. The van der Waals surface area contributed by atoms with E-state index in [0.717, 1.165) is 18.2 Å². The first-order valence-electron chi connectivity index (χ1n) is 9.20. The normalized spacial score (nSPS) is 11.4. The van der Waals surface area contributed by atoms with Gasteiger partial charge < -0.3 is 18.6 Å². The lowest BCUT2D eigenvalue weighted by Crippen LogP contribution is -2.18. The van der Waals surface area contributed by atoms with Gasteiger partial charge in [-0.15, -0.1) is 13.2 Å². The number of carbonyl (C=O) groups excluding carboxylic acids is 2. The maximum Gasteiger partial charge on any atom is 0.573 e. The largest absolute Gasteiger partial charge is 0.573 e. The zero-order chi connectivity index (χ0) is 23.5. The summed E-state index contributed by atoms with van der Waals surface area (Å²) in [6.45, 7) is 6.48. The highest BCUT2D eigenvalue weighted by Gasteiger charge is 2.35. The van der Waals surface area contributed by atoms with Crippen LogP contribution >= 0.6 is 0 Å². The fourth-order valence-electron chi connectivity index (χ4n) is 3.00. The predicted octanol–water partition coefficient (Wildman–Crippen LogP) is 5.38. The molecular weight excluding hydrogens is 436 g/mol. The average molecular weight is 452 g/mol. The molecule has 10 heteroatoms. The molecule has 168 valence electrons. The Morgan fingerprint density at radius 2 is 1.66 bits per heavy atom. The van der Waals surface area contributed by atoms with Crippen LogP contribution in [-0.4, -0.2) is 24.9 Å². The quantitative estimate of drug-likeness (QED) is 0.150. The van der Waals surface area contributed by atoms with Gasteiger partial charge in [-0.3, -0.25) is 0 Å². The van der Waals surface area contributed by atoms with Crippen molar-refractivity contribution in [1.82, 2.24) is 0 Å². The van der Waals surface area contributed by atoms with E-state index in [4.69, 9.17) is 13.9 Å². The Morgan fingerprint density at radius 3 is 2.31 bits per heavy atom. The van der Waals surface area contributed by atoms with Crippen LogP contribution in [0.2, 0.25) is 0 Å². The topological polar surface area (TPSA) is 75.0 Å². The van der Waals surface area contributed by atoms with Crippen LogP contribution in [0.25, 0.3) is 21.9 Å². The molecule has 0 bridgehead atoms. The Kier molecular flexibility index (Phi) is 6.52. The minimum atomic E-state index is -5.13. The molecule has 0 saturated heterocycles. The van der Waals surface area contributed by atoms with Gasteiger partial charge in [0.15, 0.2) is 22.7 Å². The van der Waals surface area contributed by atoms with Gasteiger partial charge in [-0.1, -0.05) is 19.2 Å². The van der Waals surface area contributed by atoms with E-state index in [1.165, 1.54) is 18.2 Å². The maximum absolute atomic E-state index is 15.0. The molecule has 0 aliphatic carbocycles. The lowest BCUT2D eigenvalue weighted by molar-refractivity contribution is -0.274. The molecule has 0 aliphatic rings. The number of esters is 2. The summed E-state index contributed by atoms with van der Waals surface area (Å²) >= 11 is 0. The summed E-state index contributed by atoms with van der Waals surface area (Å²) < 4.78 is 73.0. The second-order valence-corrected chi connectivity index (χ2v) is 6.44. The summed E-state index contributed by atoms with van der Waals surface area (Å²) in [6, 6.07) is 5.35. The van der Waals surface area contributed by atoms with E-state index >= 15 is 4.39 Å². The highest BCUT2D eigenvalue weighted by molar-refractivity contribution is 6.08. The molecule has 2 aromatic carbocycles. The predicted molar refractivity (Wildman–Crippen MR) is 106 cm³/mol. The Labute approximate surface area is 178 Å². The third kappa shape index (κ3) is 4.90. The first-order valence-corrected chi connectivity index (χ1v) is 9.20. The van der Waals surface area contributed by atoms with Crippen molar-refractivity contribution in [2.24, 2.45) is 0 Å². The number of fused-ring (bicyclic) bond motifs is 3. The van der Waals surface area contributed by atoms with Crippen LogP contribution in [0.4, 0.5) is 17.6 Å². The van der Waals surface area contributed by atoms with Crippen LogP contribution in [0.1, 0.15) is 12.0 Å². The minimum Gasteiger partial charge on any atom is -0.463 e. The van der Waals surface area contributed by atoms with Crippen LogP contribution in [0.3, 0.4) is 0 Å². The number of alkyl halides is 3. The molecular formula is C22H16F4O6. The van der Waals surface area contributed by atoms with E-state index in [1.807, 2.05) is 0 Å². The number of benzene rings is 2. The number of hydrogen-bond donors (Lipinski definition) is 0. The first-order chi connectivity index (χ1) is 15.1. The SMILES string of the molecule is C=CC(=O)OCCCc1ccc2c(oc3c(OC(F)(F)F)c(OC(=O)C=C)ccc32)c1F. The van der Waals surface area contributed by atoms with Crippen molar-refractivity contribution in [2.45, 2.75) is 19.2 Å². The first kappa shape index (κ1) is 22.9. The lowest BCUT2D eigenvalue weighted by atomic mass is 10.1. The number of carbonyl (C=O) groups is 2. The zero-order valence-corrected chi connectivity index (χ0v) is 16.5. The highest BCUT2D eigenvalue weighted by atomic mass is 19.4. The van der Waals surface area contributed by atoms with Gasteiger partial charge in [0.05, 0.1) is 6.61 Å². The van der Waals surface area contributed by atoms with Crippen molar-refractivity contribution in [3.8, 4) is 11.5 Å². The van der Waals surface area contributed by atoms with Gasteiger partial charge in [-0.2, -0.15) is 0 Å². The van der Waals surface area contributed by atoms with E-state index in [-0.39, 0.29) is 34.9 Å². The summed E-state index contributed by atoms with van der Waals surface area (Å²) in [5.41, 5.74) is -0.523. The molecule has 0 radical (unpaired) electrons. The fraction of sp³-hybridized carbons (Fsp3) is 0.182. The van der Waals surface area contributed by atoms with E-state index < -0.39 is 41.2 Å². The van der Waals surface area contributed by atoms with Gasteiger partial charge in [0.1, 0.15) is 0 Å². The van der Waals surface area contributed by atoms with Crippen LogP contribution in [-0.2, 0) is 20.7 Å². The summed E-state index contributed by atoms with van der Waals surface area (Å²) in [7, 11) is 0. The second-order valence-electron chi connectivity index (χ2n) is 6.44.